The zero-order valence-electron chi connectivity index (χ0n) is 14.5. The van der Waals surface area contributed by atoms with E-state index in [1.807, 2.05) is 13.8 Å². The average Bonchev–Trinajstić information content (AvgIpc) is 2.58. The molecule has 0 aromatic heterocycles. The Hall–Kier alpha value is -2.71. The molecule has 0 saturated carbocycles. The molecular formula is C16H22N2O7. The van der Waals surface area contributed by atoms with Crippen molar-refractivity contribution in [2.75, 3.05) is 7.11 Å². The van der Waals surface area contributed by atoms with Gasteiger partial charge in [-0.15, -0.1) is 0 Å². The molecule has 0 amide bonds. The number of nitrogens with zero attached hydrogens (tertiary/aromatic N) is 2. The van der Waals surface area contributed by atoms with Gasteiger partial charge < -0.3 is 9.47 Å². The van der Waals surface area contributed by atoms with E-state index >= 15 is 0 Å². The first kappa shape index (κ1) is 20.3. The molecule has 0 fully saturated rings. The summed E-state index contributed by atoms with van der Waals surface area (Å²) < 4.78 is 9.43. The molecular weight excluding hydrogens is 332 g/mol. The first-order chi connectivity index (χ1) is 11.8. The van der Waals surface area contributed by atoms with Crippen molar-refractivity contribution in [2.24, 2.45) is 0 Å². The van der Waals surface area contributed by atoms with Gasteiger partial charge in [-0.1, -0.05) is 33.1 Å². The lowest BCUT2D eigenvalue weighted by Crippen LogP contribution is -2.13. The molecule has 0 aliphatic rings. The van der Waals surface area contributed by atoms with Crippen molar-refractivity contribution in [3.8, 4) is 5.75 Å². The SMILES string of the molecule is CCCCC(CCC)c1cc([N+](=O)[O-])cc([N+](=O)[O-])c1OC(=O)OC. The molecule has 0 spiro atoms. The Morgan fingerprint density at radius 2 is 1.80 bits per heavy atom. The normalized spacial score (nSPS) is 11.6. The Balaban J connectivity index is 3.57. The van der Waals surface area contributed by atoms with Crippen LogP contribution in [-0.2, 0) is 4.74 Å². The highest BCUT2D eigenvalue weighted by molar-refractivity contribution is 5.69. The van der Waals surface area contributed by atoms with Gasteiger partial charge >= 0.3 is 11.8 Å². The lowest BCUT2D eigenvalue weighted by Gasteiger charge is -2.19. The van der Waals surface area contributed by atoms with Gasteiger partial charge in [-0.2, -0.15) is 0 Å². The van der Waals surface area contributed by atoms with Gasteiger partial charge in [-0.25, -0.2) is 4.79 Å². The van der Waals surface area contributed by atoms with E-state index in [4.69, 9.17) is 4.74 Å². The molecule has 0 heterocycles. The number of hydrogen-bond acceptors (Lipinski definition) is 7. The summed E-state index contributed by atoms with van der Waals surface area (Å²) >= 11 is 0. The van der Waals surface area contributed by atoms with Crippen LogP contribution in [0.5, 0.6) is 5.75 Å². The maximum Gasteiger partial charge on any atom is 0.513 e. The van der Waals surface area contributed by atoms with Crippen molar-refractivity contribution in [1.29, 1.82) is 0 Å². The predicted octanol–water partition coefficient (Wildman–Crippen LogP) is 4.72. The van der Waals surface area contributed by atoms with Crippen LogP contribution in [0.2, 0.25) is 0 Å². The van der Waals surface area contributed by atoms with Crippen molar-refractivity contribution in [2.45, 2.75) is 51.9 Å². The molecule has 0 bridgehead atoms. The molecule has 0 N–H and O–H groups in total. The van der Waals surface area contributed by atoms with Crippen molar-refractivity contribution in [1.82, 2.24) is 0 Å². The Morgan fingerprint density at radius 1 is 1.12 bits per heavy atom. The maximum atomic E-state index is 11.5. The van der Waals surface area contributed by atoms with E-state index in [1.165, 1.54) is 6.07 Å². The predicted molar refractivity (Wildman–Crippen MR) is 90.0 cm³/mol. The Kier molecular flexibility index (Phi) is 7.77. The van der Waals surface area contributed by atoms with Crippen LogP contribution in [0.4, 0.5) is 16.2 Å². The van der Waals surface area contributed by atoms with Crippen molar-refractivity contribution in [3.05, 3.63) is 37.9 Å². The summed E-state index contributed by atoms with van der Waals surface area (Å²) in [5.74, 6) is -0.472. The van der Waals surface area contributed by atoms with Crippen LogP contribution in [-0.4, -0.2) is 23.1 Å². The first-order valence-electron chi connectivity index (χ1n) is 8.08. The van der Waals surface area contributed by atoms with Gasteiger partial charge in [0.05, 0.1) is 23.0 Å². The zero-order valence-corrected chi connectivity index (χ0v) is 14.5. The minimum absolute atomic E-state index is 0.191. The second-order valence-corrected chi connectivity index (χ2v) is 5.58. The van der Waals surface area contributed by atoms with E-state index in [0.717, 1.165) is 32.4 Å². The zero-order chi connectivity index (χ0) is 19.0. The fourth-order valence-corrected chi connectivity index (χ4v) is 2.65. The van der Waals surface area contributed by atoms with Crippen molar-refractivity contribution >= 4 is 17.5 Å². The molecule has 25 heavy (non-hydrogen) atoms. The monoisotopic (exact) mass is 354 g/mol. The second kappa shape index (κ2) is 9.55. The minimum atomic E-state index is -1.11. The smallest absolute Gasteiger partial charge is 0.437 e. The summed E-state index contributed by atoms with van der Waals surface area (Å²) in [5.41, 5.74) is -0.731. The van der Waals surface area contributed by atoms with E-state index in [2.05, 4.69) is 4.74 Å². The van der Waals surface area contributed by atoms with Gasteiger partial charge in [0.1, 0.15) is 0 Å². The van der Waals surface area contributed by atoms with Crippen LogP contribution in [0, 0.1) is 20.2 Å². The molecule has 9 heteroatoms. The van der Waals surface area contributed by atoms with Crippen molar-refractivity contribution < 1.29 is 24.1 Å². The van der Waals surface area contributed by atoms with E-state index in [-0.39, 0.29) is 11.7 Å². The Labute approximate surface area is 145 Å². The van der Waals surface area contributed by atoms with Gasteiger partial charge in [-0.3, -0.25) is 20.2 Å². The molecule has 9 nitrogen and oxygen atoms in total. The number of rotatable bonds is 9. The van der Waals surface area contributed by atoms with Crippen LogP contribution in [0.25, 0.3) is 0 Å². The fourth-order valence-electron chi connectivity index (χ4n) is 2.65. The second-order valence-electron chi connectivity index (χ2n) is 5.58. The molecule has 1 aromatic rings. The number of nitro benzene ring substituents is 2. The highest BCUT2D eigenvalue weighted by Crippen LogP contribution is 2.42. The summed E-state index contributed by atoms with van der Waals surface area (Å²) in [7, 11) is 1.08. The Morgan fingerprint density at radius 3 is 2.28 bits per heavy atom. The molecule has 1 atom stereocenters. The topological polar surface area (TPSA) is 122 Å². The lowest BCUT2D eigenvalue weighted by molar-refractivity contribution is -0.394. The molecule has 1 aromatic carbocycles. The van der Waals surface area contributed by atoms with E-state index < -0.39 is 27.4 Å². The third kappa shape index (κ3) is 5.40. The molecule has 138 valence electrons. The lowest BCUT2D eigenvalue weighted by atomic mass is 9.88. The Bertz CT molecular complexity index is 646. The van der Waals surface area contributed by atoms with Crippen LogP contribution in [0.3, 0.4) is 0 Å². The molecule has 1 rings (SSSR count). The number of non-ortho nitro benzene ring substituents is 1. The molecule has 1 unspecified atom stereocenters. The maximum absolute atomic E-state index is 11.5. The van der Waals surface area contributed by atoms with Gasteiger partial charge in [0.25, 0.3) is 5.69 Å². The standard InChI is InChI=1S/C16H22N2O7/c1-4-6-8-11(7-5-2)13-9-12(17(20)21)10-14(18(22)23)15(13)25-16(19)24-3/h9-11H,4-8H2,1-3H3. The largest absolute Gasteiger partial charge is 0.513 e. The number of unbranched alkanes of at least 4 members (excludes halogenated alkanes) is 1. The van der Waals surface area contributed by atoms with Gasteiger partial charge in [-0.05, 0) is 18.8 Å². The van der Waals surface area contributed by atoms with E-state index in [1.54, 1.807) is 0 Å². The van der Waals surface area contributed by atoms with Gasteiger partial charge in [0.2, 0.25) is 5.75 Å². The molecule has 0 aliphatic carbocycles. The summed E-state index contributed by atoms with van der Waals surface area (Å²) in [6.45, 7) is 3.95. The third-order valence-corrected chi connectivity index (χ3v) is 3.83. The summed E-state index contributed by atoms with van der Waals surface area (Å²) in [6, 6.07) is 2.05. The first-order valence-corrected chi connectivity index (χ1v) is 8.08. The number of carbonyl (C=O) groups excluding carboxylic acids is 1. The van der Waals surface area contributed by atoms with Gasteiger partial charge in [0, 0.05) is 11.6 Å². The number of hydrogen-bond donors (Lipinski definition) is 0. The number of benzene rings is 1. The van der Waals surface area contributed by atoms with Crippen LogP contribution in [0.15, 0.2) is 12.1 Å². The van der Waals surface area contributed by atoms with Gasteiger partial charge in [0.15, 0.2) is 0 Å². The number of ether oxygens (including phenoxy) is 2. The van der Waals surface area contributed by atoms with Crippen LogP contribution in [0.1, 0.15) is 57.4 Å². The minimum Gasteiger partial charge on any atom is -0.437 e. The number of carbonyl (C=O) groups is 1. The highest BCUT2D eigenvalue weighted by atomic mass is 16.7. The quantitative estimate of drug-likeness (QED) is 0.272. The summed E-state index contributed by atoms with van der Waals surface area (Å²) in [4.78, 5) is 32.6. The van der Waals surface area contributed by atoms with E-state index in [0.29, 0.717) is 18.4 Å². The van der Waals surface area contributed by atoms with E-state index in [9.17, 15) is 25.0 Å². The number of methoxy groups -OCH3 is 1. The fraction of sp³-hybridized carbons (Fsp3) is 0.562. The van der Waals surface area contributed by atoms with Crippen LogP contribution >= 0.6 is 0 Å². The molecule has 0 aliphatic heterocycles. The number of nitro groups is 2. The average molecular weight is 354 g/mol. The van der Waals surface area contributed by atoms with Crippen molar-refractivity contribution in [3.63, 3.8) is 0 Å². The summed E-state index contributed by atoms with van der Waals surface area (Å²) in [6.07, 6.45) is 2.77. The third-order valence-electron chi connectivity index (χ3n) is 3.83. The molecule has 0 saturated heterocycles. The highest BCUT2D eigenvalue weighted by Gasteiger charge is 2.30. The summed E-state index contributed by atoms with van der Waals surface area (Å²) in [5, 5.41) is 22.5. The van der Waals surface area contributed by atoms with Crippen LogP contribution < -0.4 is 4.74 Å². The molecule has 0 radical (unpaired) electrons.